The number of benzene rings is 1. The zero-order valence-corrected chi connectivity index (χ0v) is 8.23. The summed E-state index contributed by atoms with van der Waals surface area (Å²) < 4.78 is 3.59. The van der Waals surface area contributed by atoms with Crippen molar-refractivity contribution in [1.29, 1.82) is 0 Å². The van der Waals surface area contributed by atoms with Gasteiger partial charge in [0.15, 0.2) is 5.69 Å². The zero-order chi connectivity index (χ0) is 10.8. The molecule has 6 heteroatoms. The minimum atomic E-state index is -1.10. The molecular formula is C9H6N2O3S. The predicted octanol–water partition coefficient (Wildman–Crippen LogP) is 1.61. The van der Waals surface area contributed by atoms with Gasteiger partial charge in [-0.25, -0.2) is 4.79 Å². The van der Waals surface area contributed by atoms with Gasteiger partial charge >= 0.3 is 5.97 Å². The summed E-state index contributed by atoms with van der Waals surface area (Å²) in [5, 5.41) is 21.4. The van der Waals surface area contributed by atoms with E-state index in [0.29, 0.717) is 10.4 Å². The van der Waals surface area contributed by atoms with Gasteiger partial charge in [-0.1, -0.05) is 4.49 Å². The van der Waals surface area contributed by atoms with Gasteiger partial charge in [0.1, 0.15) is 5.75 Å². The van der Waals surface area contributed by atoms with Crippen molar-refractivity contribution in [3.05, 3.63) is 30.0 Å². The maximum Gasteiger partial charge on any atom is 0.358 e. The quantitative estimate of drug-likeness (QED) is 0.806. The molecule has 0 aliphatic rings. The van der Waals surface area contributed by atoms with Crippen molar-refractivity contribution in [3.8, 4) is 16.2 Å². The van der Waals surface area contributed by atoms with E-state index in [1.165, 1.54) is 12.1 Å². The van der Waals surface area contributed by atoms with Crippen molar-refractivity contribution in [3.63, 3.8) is 0 Å². The number of hydrogen-bond acceptors (Lipinski definition) is 5. The first-order valence-electron chi connectivity index (χ1n) is 4.03. The van der Waals surface area contributed by atoms with Crippen molar-refractivity contribution in [2.45, 2.75) is 0 Å². The van der Waals surface area contributed by atoms with Crippen molar-refractivity contribution >= 4 is 17.5 Å². The largest absolute Gasteiger partial charge is 0.508 e. The van der Waals surface area contributed by atoms with Gasteiger partial charge in [0.25, 0.3) is 0 Å². The highest BCUT2D eigenvalue weighted by Crippen LogP contribution is 2.27. The molecule has 1 aromatic carbocycles. The summed E-state index contributed by atoms with van der Waals surface area (Å²) in [7, 11) is 0. The van der Waals surface area contributed by atoms with E-state index in [9.17, 15) is 4.79 Å². The summed E-state index contributed by atoms with van der Waals surface area (Å²) in [5.41, 5.74) is 0.617. The highest BCUT2D eigenvalue weighted by atomic mass is 32.1. The fourth-order valence-corrected chi connectivity index (χ4v) is 1.79. The maximum atomic E-state index is 10.8. The van der Waals surface area contributed by atoms with Crippen LogP contribution in [0.2, 0.25) is 0 Å². The Morgan fingerprint density at radius 2 is 1.93 bits per heavy atom. The Balaban J connectivity index is 2.49. The average Bonchev–Trinajstić information content (AvgIpc) is 2.67. The lowest BCUT2D eigenvalue weighted by Gasteiger charge is -1.97. The average molecular weight is 222 g/mol. The molecule has 0 bridgehead atoms. The Bertz CT molecular complexity index is 492. The minimum Gasteiger partial charge on any atom is -0.508 e. The van der Waals surface area contributed by atoms with Gasteiger partial charge in [0.2, 0.25) is 0 Å². The first-order chi connectivity index (χ1) is 7.18. The van der Waals surface area contributed by atoms with E-state index in [1.54, 1.807) is 12.1 Å². The second kappa shape index (κ2) is 3.66. The molecule has 0 amide bonds. The summed E-state index contributed by atoms with van der Waals surface area (Å²) in [5.74, 6) is -0.972. The van der Waals surface area contributed by atoms with Crippen LogP contribution in [0, 0.1) is 0 Å². The van der Waals surface area contributed by atoms with Crippen LogP contribution in [-0.2, 0) is 0 Å². The van der Waals surface area contributed by atoms with Crippen molar-refractivity contribution < 1.29 is 15.0 Å². The Labute approximate surface area is 88.8 Å². The molecule has 76 valence electrons. The van der Waals surface area contributed by atoms with E-state index in [-0.39, 0.29) is 11.4 Å². The number of nitrogens with zero attached hydrogens (tertiary/aromatic N) is 2. The number of aromatic hydroxyl groups is 1. The second-order valence-electron chi connectivity index (χ2n) is 2.80. The van der Waals surface area contributed by atoms with Gasteiger partial charge in [-0.05, 0) is 41.4 Å². The van der Waals surface area contributed by atoms with Crippen LogP contribution in [0.1, 0.15) is 10.5 Å². The van der Waals surface area contributed by atoms with Crippen LogP contribution in [0.3, 0.4) is 0 Å². The molecule has 2 aromatic rings. The Hall–Kier alpha value is -1.95. The molecule has 0 radical (unpaired) electrons. The van der Waals surface area contributed by atoms with Crippen molar-refractivity contribution in [2.24, 2.45) is 0 Å². The third-order valence-corrected chi connectivity index (χ3v) is 2.60. The van der Waals surface area contributed by atoms with E-state index >= 15 is 0 Å². The van der Waals surface area contributed by atoms with Crippen LogP contribution in [0.25, 0.3) is 10.4 Å². The standard InChI is InChI=1S/C9H6N2O3S/c12-6-3-1-5(2-4-6)8-7(9(13)14)10-11-15-8/h1-4,12H,(H,13,14). The van der Waals surface area contributed by atoms with Gasteiger partial charge in [-0.2, -0.15) is 0 Å². The minimum absolute atomic E-state index is 0.0642. The predicted molar refractivity (Wildman–Crippen MR) is 54.0 cm³/mol. The van der Waals surface area contributed by atoms with Gasteiger partial charge in [0, 0.05) is 0 Å². The third kappa shape index (κ3) is 1.79. The number of aromatic nitrogens is 2. The maximum absolute atomic E-state index is 10.8. The molecule has 1 aromatic heterocycles. The fraction of sp³-hybridized carbons (Fsp3) is 0. The van der Waals surface area contributed by atoms with Crippen LogP contribution in [0.15, 0.2) is 24.3 Å². The number of carboxylic acid groups (broad SMARTS) is 1. The molecule has 0 spiro atoms. The van der Waals surface area contributed by atoms with Crippen LogP contribution in [0.5, 0.6) is 5.75 Å². The van der Waals surface area contributed by atoms with Gasteiger partial charge < -0.3 is 10.2 Å². The summed E-state index contributed by atoms with van der Waals surface area (Å²) in [4.78, 5) is 11.3. The van der Waals surface area contributed by atoms with Crippen molar-refractivity contribution in [2.75, 3.05) is 0 Å². The Kier molecular flexibility index (Phi) is 2.34. The third-order valence-electron chi connectivity index (χ3n) is 1.82. The van der Waals surface area contributed by atoms with Crippen molar-refractivity contribution in [1.82, 2.24) is 9.59 Å². The molecule has 2 rings (SSSR count). The lowest BCUT2D eigenvalue weighted by Crippen LogP contribution is -1.98. The number of phenols is 1. The van der Waals surface area contributed by atoms with Crippen LogP contribution in [0.4, 0.5) is 0 Å². The highest BCUT2D eigenvalue weighted by Gasteiger charge is 2.16. The topological polar surface area (TPSA) is 83.3 Å². The number of carbonyl (C=O) groups is 1. The molecule has 1 heterocycles. The van der Waals surface area contributed by atoms with Crippen LogP contribution < -0.4 is 0 Å². The number of rotatable bonds is 2. The summed E-state index contributed by atoms with van der Waals surface area (Å²) in [6, 6.07) is 6.22. The second-order valence-corrected chi connectivity index (χ2v) is 3.56. The number of aromatic carboxylic acids is 1. The normalized spacial score (nSPS) is 10.1. The Morgan fingerprint density at radius 3 is 2.53 bits per heavy atom. The molecule has 0 unspecified atom stereocenters. The lowest BCUT2D eigenvalue weighted by molar-refractivity contribution is 0.0691. The first kappa shape index (κ1) is 9.60. The smallest absolute Gasteiger partial charge is 0.358 e. The fourth-order valence-electron chi connectivity index (χ4n) is 1.13. The van der Waals surface area contributed by atoms with Gasteiger partial charge in [-0.15, -0.1) is 5.10 Å². The molecule has 0 aliphatic heterocycles. The first-order valence-corrected chi connectivity index (χ1v) is 4.81. The Morgan fingerprint density at radius 1 is 1.27 bits per heavy atom. The molecule has 2 N–H and O–H groups in total. The van der Waals surface area contributed by atoms with E-state index < -0.39 is 5.97 Å². The monoisotopic (exact) mass is 222 g/mol. The molecule has 0 fully saturated rings. The number of phenolic OH excluding ortho intramolecular Hbond substituents is 1. The van der Waals surface area contributed by atoms with Gasteiger partial charge in [0.05, 0.1) is 4.88 Å². The molecule has 0 atom stereocenters. The molecule has 0 saturated heterocycles. The zero-order valence-electron chi connectivity index (χ0n) is 7.41. The van der Waals surface area contributed by atoms with Crippen LogP contribution >= 0.6 is 11.5 Å². The number of carboxylic acids is 1. The molecular weight excluding hydrogens is 216 g/mol. The highest BCUT2D eigenvalue weighted by molar-refractivity contribution is 7.09. The lowest BCUT2D eigenvalue weighted by atomic mass is 10.1. The van der Waals surface area contributed by atoms with E-state index in [2.05, 4.69) is 9.59 Å². The summed E-state index contributed by atoms with van der Waals surface area (Å²) >= 11 is 1.01. The SMILES string of the molecule is O=C(O)c1nnsc1-c1ccc(O)cc1. The summed E-state index contributed by atoms with van der Waals surface area (Å²) in [6.07, 6.45) is 0. The van der Waals surface area contributed by atoms with E-state index in [0.717, 1.165) is 11.5 Å². The van der Waals surface area contributed by atoms with Crippen LogP contribution in [-0.4, -0.2) is 25.8 Å². The molecule has 15 heavy (non-hydrogen) atoms. The van der Waals surface area contributed by atoms with E-state index in [1.807, 2.05) is 0 Å². The van der Waals surface area contributed by atoms with Gasteiger partial charge in [-0.3, -0.25) is 0 Å². The number of hydrogen-bond donors (Lipinski definition) is 2. The van der Waals surface area contributed by atoms with E-state index in [4.69, 9.17) is 10.2 Å². The molecule has 5 nitrogen and oxygen atoms in total. The molecule has 0 saturated carbocycles. The molecule has 0 aliphatic carbocycles. The summed E-state index contributed by atoms with van der Waals surface area (Å²) in [6.45, 7) is 0.